The highest BCUT2D eigenvalue weighted by atomic mass is 16.5. The van der Waals surface area contributed by atoms with Crippen LogP contribution in [0.5, 0.6) is 5.75 Å². The van der Waals surface area contributed by atoms with Gasteiger partial charge < -0.3 is 10.5 Å². The summed E-state index contributed by atoms with van der Waals surface area (Å²) in [5, 5.41) is 0. The molecular weight excluding hydrogens is 156 g/mol. The predicted octanol–water partition coefficient (Wildman–Crippen LogP) is 0.334. The summed E-state index contributed by atoms with van der Waals surface area (Å²) in [6, 6.07) is 2.60. The molecule has 2 N–H and O–H groups in total. The van der Waals surface area contributed by atoms with Crippen molar-refractivity contribution in [1.82, 2.24) is 4.98 Å². The summed E-state index contributed by atoms with van der Waals surface area (Å²) in [4.78, 5) is 14.7. The molecule has 64 valence electrons. The minimum Gasteiger partial charge on any atom is -0.425 e. The second kappa shape index (κ2) is 3.82. The normalized spacial score (nSPS) is 12.2. The summed E-state index contributed by atoms with van der Waals surface area (Å²) in [5.41, 5.74) is 5.29. The lowest BCUT2D eigenvalue weighted by molar-refractivity contribution is -0.135. The fourth-order valence-corrected chi connectivity index (χ4v) is 0.615. The molecule has 4 heteroatoms. The van der Waals surface area contributed by atoms with Crippen molar-refractivity contribution in [3.05, 3.63) is 24.5 Å². The molecule has 0 saturated heterocycles. The molecule has 0 saturated carbocycles. The van der Waals surface area contributed by atoms with Gasteiger partial charge in [0.1, 0.15) is 11.8 Å². The van der Waals surface area contributed by atoms with Crippen LogP contribution in [0.25, 0.3) is 0 Å². The van der Waals surface area contributed by atoms with Crippen molar-refractivity contribution in [2.75, 3.05) is 0 Å². The zero-order chi connectivity index (χ0) is 8.97. The topological polar surface area (TPSA) is 65.2 Å². The maximum atomic E-state index is 10.9. The van der Waals surface area contributed by atoms with Gasteiger partial charge in [-0.15, -0.1) is 0 Å². The quantitative estimate of drug-likeness (QED) is 0.643. The van der Waals surface area contributed by atoms with E-state index in [1.54, 1.807) is 31.5 Å². The number of hydrogen-bond acceptors (Lipinski definition) is 4. The summed E-state index contributed by atoms with van der Waals surface area (Å²) in [6.07, 6.45) is 3.09. The van der Waals surface area contributed by atoms with Gasteiger partial charge in [-0.3, -0.25) is 4.98 Å². The smallest absolute Gasteiger partial charge is 0.328 e. The van der Waals surface area contributed by atoms with Crippen molar-refractivity contribution >= 4 is 5.97 Å². The predicted molar refractivity (Wildman–Crippen MR) is 43.5 cm³/mol. The van der Waals surface area contributed by atoms with Crippen LogP contribution in [-0.2, 0) is 4.79 Å². The van der Waals surface area contributed by atoms with Gasteiger partial charge in [0.05, 0.1) is 0 Å². The van der Waals surface area contributed by atoms with Crippen molar-refractivity contribution in [2.24, 2.45) is 5.73 Å². The number of ether oxygens (including phenoxy) is 1. The van der Waals surface area contributed by atoms with E-state index >= 15 is 0 Å². The third kappa shape index (κ3) is 2.32. The van der Waals surface area contributed by atoms with Crippen LogP contribution >= 0.6 is 0 Å². The lowest BCUT2D eigenvalue weighted by Gasteiger charge is -2.05. The number of nitrogens with zero attached hydrogens (tertiary/aromatic N) is 1. The van der Waals surface area contributed by atoms with Gasteiger partial charge in [0.15, 0.2) is 0 Å². The lowest BCUT2D eigenvalue weighted by Crippen LogP contribution is -2.30. The van der Waals surface area contributed by atoms with Gasteiger partial charge in [0.2, 0.25) is 0 Å². The zero-order valence-corrected chi connectivity index (χ0v) is 6.73. The molecule has 12 heavy (non-hydrogen) atoms. The fourth-order valence-electron chi connectivity index (χ4n) is 0.615. The third-order valence-corrected chi connectivity index (χ3v) is 1.24. The van der Waals surface area contributed by atoms with Crippen molar-refractivity contribution in [2.45, 2.75) is 13.0 Å². The Morgan fingerprint density at radius 3 is 2.67 bits per heavy atom. The van der Waals surface area contributed by atoms with Crippen LogP contribution in [0.2, 0.25) is 0 Å². The first-order valence-corrected chi connectivity index (χ1v) is 3.57. The highest BCUT2D eigenvalue weighted by molar-refractivity contribution is 5.77. The molecule has 4 nitrogen and oxygen atoms in total. The molecule has 1 aromatic heterocycles. The molecule has 0 fully saturated rings. The van der Waals surface area contributed by atoms with Crippen LogP contribution in [0.15, 0.2) is 24.5 Å². The van der Waals surface area contributed by atoms with E-state index < -0.39 is 12.0 Å². The first-order valence-electron chi connectivity index (χ1n) is 3.57. The average Bonchev–Trinajstić information content (AvgIpc) is 2.06. The van der Waals surface area contributed by atoms with Crippen molar-refractivity contribution < 1.29 is 9.53 Å². The lowest BCUT2D eigenvalue weighted by atomic mass is 10.4. The molecule has 0 aliphatic rings. The maximum absolute atomic E-state index is 10.9. The molecule has 0 aromatic carbocycles. The number of carbonyl (C=O) groups excluding carboxylic acids is 1. The van der Waals surface area contributed by atoms with Gasteiger partial charge >= 0.3 is 5.97 Å². The Hall–Kier alpha value is -1.42. The Bertz CT molecular complexity index is 259. The van der Waals surface area contributed by atoms with Gasteiger partial charge in [0.25, 0.3) is 0 Å². The van der Waals surface area contributed by atoms with Gasteiger partial charge in [0, 0.05) is 12.4 Å². The summed E-state index contributed by atoms with van der Waals surface area (Å²) >= 11 is 0. The minimum atomic E-state index is -0.599. The van der Waals surface area contributed by atoms with E-state index in [1.807, 2.05) is 0 Å². The zero-order valence-electron chi connectivity index (χ0n) is 6.73. The number of rotatable bonds is 2. The molecule has 1 aromatic rings. The standard InChI is InChI=1S/C8H10N2O2/c1-6(9)8(11)12-7-2-4-10-5-3-7/h2-6H,9H2,1H3/t6-/m1/s1. The van der Waals surface area contributed by atoms with Crippen molar-refractivity contribution in [3.8, 4) is 5.75 Å². The molecule has 1 atom stereocenters. The number of nitrogens with two attached hydrogens (primary N) is 1. The molecular formula is C8H10N2O2. The van der Waals surface area contributed by atoms with Crippen LogP contribution in [0.3, 0.4) is 0 Å². The van der Waals surface area contributed by atoms with Crippen LogP contribution in [0, 0.1) is 0 Å². The molecule has 0 spiro atoms. The van der Waals surface area contributed by atoms with Gasteiger partial charge in [-0.25, -0.2) is 4.79 Å². The maximum Gasteiger partial charge on any atom is 0.328 e. The van der Waals surface area contributed by atoms with Crippen LogP contribution in [0.4, 0.5) is 0 Å². The molecule has 1 heterocycles. The van der Waals surface area contributed by atoms with E-state index in [0.717, 1.165) is 0 Å². The van der Waals surface area contributed by atoms with Crippen molar-refractivity contribution in [3.63, 3.8) is 0 Å². The molecule has 0 aliphatic carbocycles. The Labute approximate surface area is 70.4 Å². The Kier molecular flexibility index (Phi) is 2.76. The Balaban J connectivity index is 2.59. The molecule has 0 aliphatic heterocycles. The first-order chi connectivity index (χ1) is 5.70. The van der Waals surface area contributed by atoms with Crippen LogP contribution in [0.1, 0.15) is 6.92 Å². The SMILES string of the molecule is C[C@@H](N)C(=O)Oc1ccncc1. The van der Waals surface area contributed by atoms with Crippen molar-refractivity contribution in [1.29, 1.82) is 0 Å². The largest absolute Gasteiger partial charge is 0.425 e. The van der Waals surface area contributed by atoms with E-state index in [0.29, 0.717) is 5.75 Å². The van der Waals surface area contributed by atoms with Crippen LogP contribution < -0.4 is 10.5 Å². The highest BCUT2D eigenvalue weighted by Crippen LogP contribution is 2.06. The average molecular weight is 166 g/mol. The van der Waals surface area contributed by atoms with E-state index in [9.17, 15) is 4.79 Å². The highest BCUT2D eigenvalue weighted by Gasteiger charge is 2.08. The third-order valence-electron chi connectivity index (χ3n) is 1.24. The number of pyridine rings is 1. The number of esters is 1. The Morgan fingerprint density at radius 1 is 1.58 bits per heavy atom. The van der Waals surface area contributed by atoms with Gasteiger partial charge in [-0.1, -0.05) is 0 Å². The number of hydrogen-bond donors (Lipinski definition) is 1. The fraction of sp³-hybridized carbons (Fsp3) is 0.250. The summed E-state index contributed by atoms with van der Waals surface area (Å²) in [7, 11) is 0. The summed E-state index contributed by atoms with van der Waals surface area (Å²) < 4.78 is 4.87. The van der Waals surface area contributed by atoms with E-state index in [4.69, 9.17) is 10.5 Å². The van der Waals surface area contributed by atoms with E-state index in [-0.39, 0.29) is 0 Å². The monoisotopic (exact) mass is 166 g/mol. The second-order valence-electron chi connectivity index (χ2n) is 2.39. The molecule has 0 radical (unpaired) electrons. The molecule has 0 unspecified atom stereocenters. The molecule has 0 amide bonds. The minimum absolute atomic E-state index is 0.443. The Morgan fingerprint density at radius 2 is 2.17 bits per heavy atom. The first kappa shape index (κ1) is 8.67. The number of carbonyl (C=O) groups is 1. The molecule has 1 rings (SSSR count). The number of aromatic nitrogens is 1. The summed E-state index contributed by atoms with van der Waals surface area (Å²) in [5.74, 6) is 0.0218. The van der Waals surface area contributed by atoms with Gasteiger partial charge in [-0.05, 0) is 19.1 Å². The van der Waals surface area contributed by atoms with E-state index in [1.165, 1.54) is 0 Å². The van der Waals surface area contributed by atoms with Gasteiger partial charge in [-0.2, -0.15) is 0 Å². The summed E-state index contributed by atoms with van der Waals surface area (Å²) in [6.45, 7) is 1.57. The van der Waals surface area contributed by atoms with E-state index in [2.05, 4.69) is 4.98 Å². The second-order valence-corrected chi connectivity index (χ2v) is 2.39. The molecule has 0 bridgehead atoms. The van der Waals surface area contributed by atoms with Crippen LogP contribution in [-0.4, -0.2) is 17.0 Å².